The molecule has 0 aliphatic heterocycles. The first-order valence-electron chi connectivity index (χ1n) is 11.5. The Morgan fingerprint density at radius 1 is 1.03 bits per heavy atom. The lowest BCUT2D eigenvalue weighted by molar-refractivity contribution is 0.0941. The fraction of sp³-hybridized carbons (Fsp3) is 0.179. The molecule has 34 heavy (non-hydrogen) atoms. The molecule has 6 heteroatoms. The second kappa shape index (κ2) is 8.98. The fourth-order valence-corrected chi connectivity index (χ4v) is 4.23. The number of carbonyl (C=O) groups excluding carboxylic acids is 1. The van der Waals surface area contributed by atoms with Gasteiger partial charge in [0.1, 0.15) is 0 Å². The highest BCUT2D eigenvalue weighted by atomic mass is 16.1. The molecule has 0 saturated heterocycles. The highest BCUT2D eigenvalue weighted by Crippen LogP contribution is 2.27. The lowest BCUT2D eigenvalue weighted by Gasteiger charge is -2.16. The molecule has 1 atom stereocenters. The zero-order valence-corrected chi connectivity index (χ0v) is 19.6. The van der Waals surface area contributed by atoms with Crippen molar-refractivity contribution in [3.05, 3.63) is 102 Å². The van der Waals surface area contributed by atoms with E-state index < -0.39 is 0 Å². The van der Waals surface area contributed by atoms with Gasteiger partial charge in [0, 0.05) is 41.8 Å². The summed E-state index contributed by atoms with van der Waals surface area (Å²) >= 11 is 0. The van der Waals surface area contributed by atoms with Crippen LogP contribution in [0.1, 0.15) is 41.5 Å². The molecule has 5 aromatic rings. The third-order valence-corrected chi connectivity index (χ3v) is 6.15. The number of hydrogen-bond acceptors (Lipinski definition) is 3. The second-order valence-electron chi connectivity index (χ2n) is 8.43. The Kier molecular flexibility index (Phi) is 5.72. The SMILES string of the molecule is CCn1cc(-c2cc(C(=O)NC(C)c3ccc(-n4cccc4)cc3)c3ccccc3n2)c(C)n1. The largest absolute Gasteiger partial charge is 0.345 e. The van der Waals surface area contributed by atoms with Gasteiger partial charge in [-0.15, -0.1) is 0 Å². The number of para-hydroxylation sites is 1. The van der Waals surface area contributed by atoms with Crippen LogP contribution in [0.5, 0.6) is 0 Å². The Labute approximate surface area is 198 Å². The summed E-state index contributed by atoms with van der Waals surface area (Å²) < 4.78 is 3.95. The minimum atomic E-state index is -0.147. The van der Waals surface area contributed by atoms with E-state index in [9.17, 15) is 4.79 Å². The molecule has 1 N–H and O–H groups in total. The van der Waals surface area contributed by atoms with Gasteiger partial charge in [-0.05, 0) is 62.7 Å². The van der Waals surface area contributed by atoms with E-state index in [0.717, 1.165) is 45.6 Å². The van der Waals surface area contributed by atoms with Gasteiger partial charge in [0.2, 0.25) is 0 Å². The zero-order valence-electron chi connectivity index (χ0n) is 19.6. The van der Waals surface area contributed by atoms with Crippen LogP contribution in [0.4, 0.5) is 0 Å². The number of aryl methyl sites for hydroxylation is 2. The molecule has 5 rings (SSSR count). The van der Waals surface area contributed by atoms with Gasteiger partial charge in [-0.25, -0.2) is 4.98 Å². The quantitative estimate of drug-likeness (QED) is 0.361. The van der Waals surface area contributed by atoms with Gasteiger partial charge < -0.3 is 9.88 Å². The lowest BCUT2D eigenvalue weighted by atomic mass is 10.0. The molecule has 170 valence electrons. The van der Waals surface area contributed by atoms with E-state index in [-0.39, 0.29) is 11.9 Å². The van der Waals surface area contributed by atoms with E-state index in [1.807, 2.05) is 79.6 Å². The number of nitrogens with zero attached hydrogens (tertiary/aromatic N) is 4. The van der Waals surface area contributed by atoms with Crippen molar-refractivity contribution >= 4 is 16.8 Å². The summed E-state index contributed by atoms with van der Waals surface area (Å²) in [6, 6.07) is 21.7. The van der Waals surface area contributed by atoms with E-state index in [1.54, 1.807) is 0 Å². The van der Waals surface area contributed by atoms with E-state index in [4.69, 9.17) is 4.98 Å². The maximum Gasteiger partial charge on any atom is 0.252 e. The molecular formula is C28H27N5O. The molecule has 0 aliphatic rings. The average Bonchev–Trinajstić information content (AvgIpc) is 3.53. The van der Waals surface area contributed by atoms with Crippen LogP contribution in [0, 0.1) is 6.92 Å². The van der Waals surface area contributed by atoms with Crippen LogP contribution in [0.25, 0.3) is 27.8 Å². The summed E-state index contributed by atoms with van der Waals surface area (Å²) in [6.45, 7) is 6.80. The summed E-state index contributed by atoms with van der Waals surface area (Å²) in [5, 5.41) is 8.56. The third kappa shape index (κ3) is 4.10. The standard InChI is InChI=1S/C28H27N5O/c1-4-33-18-25(20(3)31-33)27-17-24(23-9-5-6-10-26(23)30-27)28(34)29-19(2)21-11-13-22(14-12-21)32-15-7-8-16-32/h5-19H,4H2,1-3H3,(H,29,34). The first-order chi connectivity index (χ1) is 16.5. The lowest BCUT2D eigenvalue weighted by Crippen LogP contribution is -2.27. The molecule has 0 saturated carbocycles. The van der Waals surface area contributed by atoms with Crippen LogP contribution in [0.3, 0.4) is 0 Å². The molecule has 6 nitrogen and oxygen atoms in total. The summed E-state index contributed by atoms with van der Waals surface area (Å²) in [5.41, 5.74) is 6.12. The van der Waals surface area contributed by atoms with Crippen LogP contribution in [0.2, 0.25) is 0 Å². The van der Waals surface area contributed by atoms with Crippen molar-refractivity contribution in [3.8, 4) is 16.9 Å². The normalized spacial score (nSPS) is 12.1. The monoisotopic (exact) mass is 449 g/mol. The number of carbonyl (C=O) groups is 1. The third-order valence-electron chi connectivity index (χ3n) is 6.15. The first kappa shape index (κ1) is 21.6. The van der Waals surface area contributed by atoms with Crippen LogP contribution >= 0.6 is 0 Å². The molecule has 1 unspecified atom stereocenters. The molecule has 3 aromatic heterocycles. The number of aromatic nitrogens is 4. The summed E-state index contributed by atoms with van der Waals surface area (Å²) in [7, 11) is 0. The minimum absolute atomic E-state index is 0.123. The van der Waals surface area contributed by atoms with E-state index in [2.05, 4.69) is 46.2 Å². The number of hydrogen-bond donors (Lipinski definition) is 1. The molecule has 0 radical (unpaired) electrons. The van der Waals surface area contributed by atoms with Crippen molar-refractivity contribution in [1.29, 1.82) is 0 Å². The maximum absolute atomic E-state index is 13.5. The van der Waals surface area contributed by atoms with Gasteiger partial charge in [0.25, 0.3) is 5.91 Å². The van der Waals surface area contributed by atoms with Crippen molar-refractivity contribution < 1.29 is 4.79 Å². The van der Waals surface area contributed by atoms with Gasteiger partial charge in [0.05, 0.1) is 28.5 Å². The predicted octanol–water partition coefficient (Wildman–Crippen LogP) is 5.71. The topological polar surface area (TPSA) is 64.7 Å². The number of pyridine rings is 1. The number of nitrogens with one attached hydrogen (secondary N) is 1. The smallest absolute Gasteiger partial charge is 0.252 e. The summed E-state index contributed by atoms with van der Waals surface area (Å²) in [5.74, 6) is -0.123. The van der Waals surface area contributed by atoms with Crippen LogP contribution < -0.4 is 5.32 Å². The number of amides is 1. The number of benzene rings is 2. The number of fused-ring (bicyclic) bond motifs is 1. The van der Waals surface area contributed by atoms with Crippen LogP contribution in [-0.4, -0.2) is 25.2 Å². The predicted molar refractivity (Wildman–Crippen MR) is 135 cm³/mol. The molecule has 0 bridgehead atoms. The van der Waals surface area contributed by atoms with Crippen molar-refractivity contribution in [2.75, 3.05) is 0 Å². The van der Waals surface area contributed by atoms with Crippen molar-refractivity contribution in [2.24, 2.45) is 0 Å². The highest BCUT2D eigenvalue weighted by molar-refractivity contribution is 6.07. The second-order valence-corrected chi connectivity index (χ2v) is 8.43. The van der Waals surface area contributed by atoms with Gasteiger partial charge in [0.15, 0.2) is 0 Å². The molecule has 0 spiro atoms. The Balaban J connectivity index is 1.46. The highest BCUT2D eigenvalue weighted by Gasteiger charge is 2.18. The summed E-state index contributed by atoms with van der Waals surface area (Å²) in [6.07, 6.45) is 6.01. The minimum Gasteiger partial charge on any atom is -0.345 e. The molecule has 2 aromatic carbocycles. The van der Waals surface area contributed by atoms with Crippen LogP contribution in [-0.2, 0) is 6.54 Å². The van der Waals surface area contributed by atoms with E-state index >= 15 is 0 Å². The molecular weight excluding hydrogens is 422 g/mol. The Hall–Kier alpha value is -4.19. The van der Waals surface area contributed by atoms with E-state index in [1.165, 1.54) is 0 Å². The molecule has 1 amide bonds. The van der Waals surface area contributed by atoms with Gasteiger partial charge in [-0.1, -0.05) is 30.3 Å². The van der Waals surface area contributed by atoms with E-state index in [0.29, 0.717) is 5.56 Å². The maximum atomic E-state index is 13.5. The van der Waals surface area contributed by atoms with Gasteiger partial charge in [-0.2, -0.15) is 5.10 Å². The molecule has 0 aliphatic carbocycles. The number of rotatable bonds is 6. The Morgan fingerprint density at radius 2 is 1.76 bits per heavy atom. The Morgan fingerprint density at radius 3 is 2.47 bits per heavy atom. The zero-order chi connectivity index (χ0) is 23.7. The van der Waals surface area contributed by atoms with Crippen molar-refractivity contribution in [3.63, 3.8) is 0 Å². The van der Waals surface area contributed by atoms with Crippen molar-refractivity contribution in [1.82, 2.24) is 24.6 Å². The van der Waals surface area contributed by atoms with Gasteiger partial charge >= 0.3 is 0 Å². The van der Waals surface area contributed by atoms with Crippen molar-refractivity contribution in [2.45, 2.75) is 33.4 Å². The fourth-order valence-electron chi connectivity index (χ4n) is 4.23. The average molecular weight is 450 g/mol. The van der Waals surface area contributed by atoms with Gasteiger partial charge in [-0.3, -0.25) is 9.48 Å². The summed E-state index contributed by atoms with van der Waals surface area (Å²) in [4.78, 5) is 18.3. The first-order valence-corrected chi connectivity index (χ1v) is 11.5. The molecule has 0 fully saturated rings. The Bertz CT molecular complexity index is 1450. The molecule has 3 heterocycles. The van der Waals surface area contributed by atoms with Crippen LogP contribution in [0.15, 0.2) is 85.3 Å².